The fourth-order valence-electron chi connectivity index (χ4n) is 2.10. The molecule has 0 saturated carbocycles. The van der Waals surface area contributed by atoms with E-state index in [1.807, 2.05) is 0 Å². The Morgan fingerprint density at radius 1 is 1.57 bits per heavy atom. The lowest BCUT2D eigenvalue weighted by atomic mass is 10.1. The third-order valence-electron chi connectivity index (χ3n) is 2.97. The van der Waals surface area contributed by atoms with E-state index in [0.717, 1.165) is 31.1 Å². The van der Waals surface area contributed by atoms with E-state index in [-0.39, 0.29) is 0 Å². The van der Waals surface area contributed by atoms with Crippen LogP contribution in [0.15, 0.2) is 0 Å². The van der Waals surface area contributed by atoms with E-state index < -0.39 is 0 Å². The van der Waals surface area contributed by atoms with Gasteiger partial charge in [0.1, 0.15) is 0 Å². The standard InChI is InChI=1S/C11H23N3/c1-4-5-11(12)14(3)9-10-6-7-13(2)8-10/h10,12H,4-9H2,1-3H3. The molecule has 1 unspecified atom stereocenters. The molecule has 0 bridgehead atoms. The molecular formula is C11H23N3. The van der Waals surface area contributed by atoms with Crippen LogP contribution in [0.2, 0.25) is 0 Å². The first-order chi connectivity index (χ1) is 6.63. The van der Waals surface area contributed by atoms with Gasteiger partial charge in [0.2, 0.25) is 0 Å². The second-order valence-corrected chi connectivity index (χ2v) is 4.49. The lowest BCUT2D eigenvalue weighted by Gasteiger charge is -2.23. The quantitative estimate of drug-likeness (QED) is 0.548. The zero-order valence-corrected chi connectivity index (χ0v) is 9.71. The van der Waals surface area contributed by atoms with E-state index in [9.17, 15) is 0 Å². The van der Waals surface area contributed by atoms with Gasteiger partial charge in [-0.2, -0.15) is 0 Å². The first-order valence-corrected chi connectivity index (χ1v) is 5.60. The van der Waals surface area contributed by atoms with E-state index in [0.29, 0.717) is 0 Å². The van der Waals surface area contributed by atoms with Gasteiger partial charge in [0.25, 0.3) is 0 Å². The molecule has 0 aromatic heterocycles. The molecule has 1 heterocycles. The van der Waals surface area contributed by atoms with Crippen LogP contribution < -0.4 is 0 Å². The summed E-state index contributed by atoms with van der Waals surface area (Å²) in [6.07, 6.45) is 3.28. The van der Waals surface area contributed by atoms with Crippen molar-refractivity contribution in [2.24, 2.45) is 5.92 Å². The van der Waals surface area contributed by atoms with Crippen molar-refractivity contribution < 1.29 is 0 Å². The Morgan fingerprint density at radius 3 is 2.79 bits per heavy atom. The maximum atomic E-state index is 7.82. The maximum Gasteiger partial charge on any atom is 0.0955 e. The Balaban J connectivity index is 2.26. The van der Waals surface area contributed by atoms with Gasteiger partial charge >= 0.3 is 0 Å². The molecule has 82 valence electrons. The number of nitrogens with one attached hydrogen (secondary N) is 1. The van der Waals surface area contributed by atoms with Crippen molar-refractivity contribution in [1.29, 1.82) is 5.41 Å². The highest BCUT2D eigenvalue weighted by Crippen LogP contribution is 2.15. The number of nitrogens with zero attached hydrogens (tertiary/aromatic N) is 2. The van der Waals surface area contributed by atoms with Crippen molar-refractivity contribution >= 4 is 5.84 Å². The number of hydrogen-bond acceptors (Lipinski definition) is 2. The predicted molar refractivity (Wildman–Crippen MR) is 60.9 cm³/mol. The minimum absolute atomic E-state index is 0.766. The average molecular weight is 197 g/mol. The monoisotopic (exact) mass is 197 g/mol. The van der Waals surface area contributed by atoms with Crippen LogP contribution in [-0.4, -0.2) is 49.4 Å². The van der Waals surface area contributed by atoms with E-state index in [2.05, 4.69) is 30.8 Å². The summed E-state index contributed by atoms with van der Waals surface area (Å²) in [5.41, 5.74) is 0. The van der Waals surface area contributed by atoms with Gasteiger partial charge in [0.05, 0.1) is 5.84 Å². The lowest BCUT2D eigenvalue weighted by molar-refractivity contribution is 0.351. The molecule has 1 N–H and O–H groups in total. The Bertz CT molecular complexity index is 191. The molecule has 3 nitrogen and oxygen atoms in total. The van der Waals surface area contributed by atoms with Crippen LogP contribution in [0.4, 0.5) is 0 Å². The Morgan fingerprint density at radius 2 is 2.29 bits per heavy atom. The smallest absolute Gasteiger partial charge is 0.0955 e. The fourth-order valence-corrected chi connectivity index (χ4v) is 2.10. The first-order valence-electron chi connectivity index (χ1n) is 5.60. The molecule has 0 amide bonds. The second kappa shape index (κ2) is 5.35. The SMILES string of the molecule is CCCC(=N)N(C)CC1CCN(C)C1. The van der Waals surface area contributed by atoms with Gasteiger partial charge in [-0.25, -0.2) is 0 Å². The van der Waals surface area contributed by atoms with E-state index >= 15 is 0 Å². The van der Waals surface area contributed by atoms with E-state index in [4.69, 9.17) is 5.41 Å². The van der Waals surface area contributed by atoms with Crippen LogP contribution in [0.5, 0.6) is 0 Å². The van der Waals surface area contributed by atoms with Crippen molar-refractivity contribution in [3.8, 4) is 0 Å². The molecule has 1 aliphatic rings. The average Bonchev–Trinajstić information content (AvgIpc) is 2.51. The van der Waals surface area contributed by atoms with Crippen LogP contribution in [0.25, 0.3) is 0 Å². The maximum absolute atomic E-state index is 7.82. The number of likely N-dealkylation sites (tertiary alicyclic amines) is 1. The van der Waals surface area contributed by atoms with Crippen LogP contribution in [-0.2, 0) is 0 Å². The lowest BCUT2D eigenvalue weighted by Crippen LogP contribution is -2.32. The number of amidine groups is 1. The first kappa shape index (κ1) is 11.5. The van der Waals surface area contributed by atoms with Gasteiger partial charge in [-0.3, -0.25) is 5.41 Å². The third kappa shape index (κ3) is 3.29. The zero-order valence-electron chi connectivity index (χ0n) is 9.71. The molecule has 1 fully saturated rings. The van der Waals surface area contributed by atoms with Crippen LogP contribution in [0.3, 0.4) is 0 Å². The summed E-state index contributed by atoms with van der Waals surface area (Å²) in [5, 5.41) is 7.82. The van der Waals surface area contributed by atoms with Gasteiger partial charge in [0, 0.05) is 26.6 Å². The topological polar surface area (TPSA) is 30.3 Å². The second-order valence-electron chi connectivity index (χ2n) is 4.49. The molecule has 0 aliphatic carbocycles. The van der Waals surface area contributed by atoms with Crippen LogP contribution in [0.1, 0.15) is 26.2 Å². The Kier molecular flexibility index (Phi) is 4.39. The summed E-state index contributed by atoms with van der Waals surface area (Å²) in [4.78, 5) is 4.50. The van der Waals surface area contributed by atoms with Crippen molar-refractivity contribution in [3.05, 3.63) is 0 Å². The number of rotatable bonds is 4. The van der Waals surface area contributed by atoms with Crippen LogP contribution >= 0.6 is 0 Å². The summed E-state index contributed by atoms with van der Waals surface area (Å²) in [6, 6.07) is 0. The number of hydrogen-bond donors (Lipinski definition) is 1. The van der Waals surface area contributed by atoms with Gasteiger partial charge < -0.3 is 9.80 Å². The molecule has 3 heteroatoms. The van der Waals surface area contributed by atoms with Gasteiger partial charge in [-0.15, -0.1) is 0 Å². The van der Waals surface area contributed by atoms with Crippen molar-refractivity contribution in [2.75, 3.05) is 33.7 Å². The molecular weight excluding hydrogens is 174 g/mol. The fraction of sp³-hybridized carbons (Fsp3) is 0.909. The highest BCUT2D eigenvalue weighted by atomic mass is 15.2. The third-order valence-corrected chi connectivity index (χ3v) is 2.97. The molecule has 0 radical (unpaired) electrons. The van der Waals surface area contributed by atoms with Crippen LogP contribution in [0, 0.1) is 11.3 Å². The summed E-state index contributed by atoms with van der Waals surface area (Å²) in [6.45, 7) is 5.61. The molecule has 0 aromatic rings. The van der Waals surface area contributed by atoms with Crippen molar-refractivity contribution in [3.63, 3.8) is 0 Å². The van der Waals surface area contributed by atoms with Crippen molar-refractivity contribution in [2.45, 2.75) is 26.2 Å². The Hall–Kier alpha value is -0.570. The van der Waals surface area contributed by atoms with E-state index in [1.165, 1.54) is 19.5 Å². The van der Waals surface area contributed by atoms with Gasteiger partial charge in [0.15, 0.2) is 0 Å². The summed E-state index contributed by atoms with van der Waals surface area (Å²) in [7, 11) is 4.23. The summed E-state index contributed by atoms with van der Waals surface area (Å²) in [5.74, 6) is 1.56. The van der Waals surface area contributed by atoms with Crippen molar-refractivity contribution in [1.82, 2.24) is 9.80 Å². The Labute approximate surface area is 87.6 Å². The molecule has 1 rings (SSSR count). The molecule has 14 heavy (non-hydrogen) atoms. The molecule has 1 saturated heterocycles. The minimum Gasteiger partial charge on any atom is -0.363 e. The molecule has 0 aromatic carbocycles. The molecule has 0 spiro atoms. The summed E-state index contributed by atoms with van der Waals surface area (Å²) >= 11 is 0. The predicted octanol–water partition coefficient (Wildman–Crippen LogP) is 1.65. The van der Waals surface area contributed by atoms with E-state index in [1.54, 1.807) is 0 Å². The zero-order chi connectivity index (χ0) is 10.6. The normalized spacial score (nSPS) is 22.6. The summed E-state index contributed by atoms with van der Waals surface area (Å²) < 4.78 is 0. The highest BCUT2D eigenvalue weighted by Gasteiger charge is 2.21. The largest absolute Gasteiger partial charge is 0.363 e. The molecule has 1 aliphatic heterocycles. The van der Waals surface area contributed by atoms with Gasteiger partial charge in [-0.1, -0.05) is 6.92 Å². The minimum atomic E-state index is 0.766. The van der Waals surface area contributed by atoms with Gasteiger partial charge in [-0.05, 0) is 32.4 Å². The molecule has 1 atom stereocenters. The highest BCUT2D eigenvalue weighted by molar-refractivity contribution is 5.78.